The third kappa shape index (κ3) is 3.06. The van der Waals surface area contributed by atoms with E-state index in [0.717, 1.165) is 0 Å². The summed E-state index contributed by atoms with van der Waals surface area (Å²) in [4.78, 5) is 0. The molecule has 5 nitrogen and oxygen atoms in total. The first-order valence-electron chi connectivity index (χ1n) is 8.00. The van der Waals surface area contributed by atoms with Gasteiger partial charge >= 0.3 is 10.1 Å². The number of hydrogen-bond acceptors (Lipinski definition) is 5. The maximum Gasteiger partial charge on any atom is 0.328 e. The molecule has 0 aliphatic carbocycles. The maximum atomic E-state index is 13.5. The first kappa shape index (κ1) is 21.2. The standard InChI is InChI=1S/C19H10Br4O5S/c20-12-5-9(6-13(21)17(12)24)19(10-7-14(22)18(25)15(23)8-10)11-3-1-2-4-16(11)28-29(19,26)27/h1-8,24-25H. The highest BCUT2D eigenvalue weighted by Gasteiger charge is 2.57. The molecule has 0 spiro atoms. The largest absolute Gasteiger partial charge is 0.506 e. The molecular weight excluding hydrogens is 660 g/mol. The molecule has 0 fully saturated rings. The van der Waals surface area contributed by atoms with Gasteiger partial charge in [-0.3, -0.25) is 0 Å². The summed E-state index contributed by atoms with van der Waals surface area (Å²) in [5, 5.41) is 20.3. The van der Waals surface area contributed by atoms with Gasteiger partial charge in [0.25, 0.3) is 0 Å². The van der Waals surface area contributed by atoms with E-state index in [0.29, 0.717) is 34.6 Å². The van der Waals surface area contributed by atoms with Gasteiger partial charge in [-0.05, 0) is 105 Å². The van der Waals surface area contributed by atoms with Crippen molar-refractivity contribution >= 4 is 73.8 Å². The van der Waals surface area contributed by atoms with Crippen molar-refractivity contribution in [3.63, 3.8) is 0 Å². The number of phenols is 2. The quantitative estimate of drug-likeness (QED) is 0.320. The lowest BCUT2D eigenvalue weighted by Crippen LogP contribution is -2.36. The van der Waals surface area contributed by atoms with Crippen LogP contribution in [0.1, 0.15) is 16.7 Å². The van der Waals surface area contributed by atoms with Crippen LogP contribution >= 0.6 is 63.7 Å². The Morgan fingerprint density at radius 3 is 1.62 bits per heavy atom. The lowest BCUT2D eigenvalue weighted by Gasteiger charge is -2.29. The molecule has 0 amide bonds. The van der Waals surface area contributed by atoms with Gasteiger partial charge in [0, 0.05) is 5.56 Å². The zero-order valence-corrected chi connectivity index (χ0v) is 21.3. The van der Waals surface area contributed by atoms with Crippen molar-refractivity contribution in [3.8, 4) is 17.2 Å². The van der Waals surface area contributed by atoms with Gasteiger partial charge in [-0.1, -0.05) is 18.2 Å². The van der Waals surface area contributed by atoms with Crippen LogP contribution in [0.5, 0.6) is 17.2 Å². The van der Waals surface area contributed by atoms with Gasteiger partial charge in [0.2, 0.25) is 0 Å². The van der Waals surface area contributed by atoms with Gasteiger partial charge in [0.05, 0.1) is 17.9 Å². The highest BCUT2D eigenvalue weighted by atomic mass is 79.9. The average Bonchev–Trinajstić information content (AvgIpc) is 2.90. The molecule has 150 valence electrons. The number of para-hydroxylation sites is 1. The molecule has 3 aromatic rings. The molecule has 0 aromatic heterocycles. The molecule has 0 radical (unpaired) electrons. The van der Waals surface area contributed by atoms with Gasteiger partial charge in [-0.15, -0.1) is 0 Å². The molecule has 2 N–H and O–H groups in total. The van der Waals surface area contributed by atoms with Crippen LogP contribution in [0.15, 0.2) is 66.4 Å². The number of rotatable bonds is 2. The van der Waals surface area contributed by atoms with Crippen molar-refractivity contribution in [1.29, 1.82) is 0 Å². The summed E-state index contributed by atoms with van der Waals surface area (Å²) in [7, 11) is -4.25. The molecule has 4 rings (SSSR count). The molecule has 0 saturated carbocycles. The predicted molar refractivity (Wildman–Crippen MR) is 123 cm³/mol. The summed E-state index contributed by atoms with van der Waals surface area (Å²) in [5.74, 6) is 0.108. The highest BCUT2D eigenvalue weighted by Crippen LogP contribution is 2.55. The third-order valence-electron chi connectivity index (χ3n) is 4.69. The van der Waals surface area contributed by atoms with E-state index in [1.54, 1.807) is 24.3 Å². The van der Waals surface area contributed by atoms with Crippen molar-refractivity contribution in [2.24, 2.45) is 0 Å². The Morgan fingerprint density at radius 2 is 1.17 bits per heavy atom. The van der Waals surface area contributed by atoms with Crippen molar-refractivity contribution in [3.05, 3.63) is 83.1 Å². The van der Waals surface area contributed by atoms with E-state index in [-0.39, 0.29) is 17.2 Å². The Bertz CT molecular complexity index is 1170. The second-order valence-corrected chi connectivity index (χ2v) is 11.4. The number of hydrogen-bond donors (Lipinski definition) is 2. The molecule has 1 heterocycles. The van der Waals surface area contributed by atoms with E-state index in [9.17, 15) is 18.6 Å². The van der Waals surface area contributed by atoms with E-state index in [1.807, 2.05) is 0 Å². The van der Waals surface area contributed by atoms with Crippen LogP contribution < -0.4 is 4.18 Å². The zero-order valence-electron chi connectivity index (χ0n) is 14.2. The molecule has 1 aliphatic rings. The monoisotopic (exact) mass is 666 g/mol. The molecular formula is C19H10Br4O5S. The minimum Gasteiger partial charge on any atom is -0.506 e. The molecule has 0 unspecified atom stereocenters. The van der Waals surface area contributed by atoms with Crippen LogP contribution in [0, 0.1) is 0 Å². The molecule has 3 aromatic carbocycles. The smallest absolute Gasteiger partial charge is 0.328 e. The second-order valence-electron chi connectivity index (χ2n) is 6.29. The summed E-state index contributed by atoms with van der Waals surface area (Å²) in [5.41, 5.74) is 1.13. The van der Waals surface area contributed by atoms with Crippen molar-refractivity contribution in [1.82, 2.24) is 0 Å². The third-order valence-corrected chi connectivity index (χ3v) is 8.95. The van der Waals surface area contributed by atoms with E-state index in [2.05, 4.69) is 63.7 Å². The van der Waals surface area contributed by atoms with E-state index >= 15 is 0 Å². The minimum absolute atomic E-state index is 0.0541. The van der Waals surface area contributed by atoms with Gasteiger partial charge in [0.1, 0.15) is 17.2 Å². The molecule has 29 heavy (non-hydrogen) atoms. The number of aromatic hydroxyl groups is 2. The summed E-state index contributed by atoms with van der Waals surface area (Å²) in [6.45, 7) is 0. The van der Waals surface area contributed by atoms with Gasteiger partial charge in [-0.25, -0.2) is 0 Å². The lowest BCUT2D eigenvalue weighted by atomic mass is 9.83. The van der Waals surface area contributed by atoms with Crippen molar-refractivity contribution in [2.75, 3.05) is 0 Å². The lowest BCUT2D eigenvalue weighted by molar-refractivity contribution is 0.466. The normalized spacial score (nSPS) is 16.3. The molecule has 0 bridgehead atoms. The molecule has 1 aliphatic heterocycles. The van der Waals surface area contributed by atoms with Crippen molar-refractivity contribution in [2.45, 2.75) is 4.75 Å². The molecule has 0 atom stereocenters. The van der Waals surface area contributed by atoms with Gasteiger partial charge < -0.3 is 14.4 Å². The van der Waals surface area contributed by atoms with Crippen LogP contribution in [0.2, 0.25) is 0 Å². The van der Waals surface area contributed by atoms with Crippen LogP contribution in [0.4, 0.5) is 0 Å². The maximum absolute atomic E-state index is 13.5. The number of phenolic OH excluding ortho intramolecular Hbond substituents is 2. The zero-order chi connectivity index (χ0) is 21.1. The average molecular weight is 670 g/mol. The topological polar surface area (TPSA) is 83.8 Å². The fourth-order valence-electron chi connectivity index (χ4n) is 3.45. The SMILES string of the molecule is O=S1(=O)Oc2ccccc2C1(c1cc(Br)c(O)c(Br)c1)c1cc(Br)c(O)c(Br)c1. The van der Waals surface area contributed by atoms with Crippen molar-refractivity contribution < 1.29 is 22.8 Å². The summed E-state index contributed by atoms with van der Waals surface area (Å²) in [6.07, 6.45) is 0. The van der Waals surface area contributed by atoms with Gasteiger partial charge in [0.15, 0.2) is 4.75 Å². The summed E-state index contributed by atoms with van der Waals surface area (Å²) in [6, 6.07) is 12.8. The van der Waals surface area contributed by atoms with Gasteiger partial charge in [-0.2, -0.15) is 8.42 Å². The number of halogens is 4. The first-order chi connectivity index (χ1) is 13.6. The number of fused-ring (bicyclic) bond motifs is 1. The predicted octanol–water partition coefficient (Wildman–Crippen LogP) is 6.16. The Labute approximate surface area is 200 Å². The second kappa shape index (κ2) is 7.26. The van der Waals surface area contributed by atoms with E-state index in [1.165, 1.54) is 24.3 Å². The Morgan fingerprint density at radius 1 is 0.759 bits per heavy atom. The molecule has 10 heteroatoms. The Kier molecular flexibility index (Phi) is 5.30. The number of benzene rings is 3. The molecule has 0 saturated heterocycles. The fraction of sp³-hybridized carbons (Fsp3) is 0.0526. The van der Waals surface area contributed by atoms with Crippen LogP contribution in [-0.2, 0) is 14.9 Å². The highest BCUT2D eigenvalue weighted by molar-refractivity contribution is 9.11. The van der Waals surface area contributed by atoms with Crippen LogP contribution in [0.25, 0.3) is 0 Å². The minimum atomic E-state index is -4.25. The first-order valence-corrected chi connectivity index (χ1v) is 12.6. The van der Waals surface area contributed by atoms with Crippen LogP contribution in [0.3, 0.4) is 0 Å². The van der Waals surface area contributed by atoms with Crippen LogP contribution in [-0.4, -0.2) is 18.6 Å². The Balaban J connectivity index is 2.21. The fourth-order valence-corrected chi connectivity index (χ4v) is 7.58. The summed E-state index contributed by atoms with van der Waals surface area (Å²) < 4.78 is 32.1. The van der Waals surface area contributed by atoms with E-state index < -0.39 is 14.9 Å². The summed E-state index contributed by atoms with van der Waals surface area (Å²) >= 11 is 13.1. The van der Waals surface area contributed by atoms with E-state index in [4.69, 9.17) is 4.18 Å². The Hall–Kier alpha value is -1.07.